The summed E-state index contributed by atoms with van der Waals surface area (Å²) in [5.74, 6) is -0.283. The summed E-state index contributed by atoms with van der Waals surface area (Å²) >= 11 is 11.3. The summed E-state index contributed by atoms with van der Waals surface area (Å²) in [4.78, 5) is 24.2. The lowest BCUT2D eigenvalue weighted by molar-refractivity contribution is -0.123. The van der Waals surface area contributed by atoms with Crippen molar-refractivity contribution in [1.82, 2.24) is 5.32 Å². The van der Waals surface area contributed by atoms with Crippen LogP contribution in [0.1, 0.15) is 32.8 Å². The van der Waals surface area contributed by atoms with E-state index in [0.717, 1.165) is 5.56 Å². The van der Waals surface area contributed by atoms with Gasteiger partial charge in [0.1, 0.15) is 0 Å². The summed E-state index contributed by atoms with van der Waals surface area (Å²) in [7, 11) is 0. The number of thiocarbonyl (C=S) groups is 1. The first-order chi connectivity index (χ1) is 13.1. The maximum Gasteiger partial charge on any atom is 0.229 e. The van der Waals surface area contributed by atoms with E-state index in [4.69, 9.17) is 23.8 Å². The van der Waals surface area contributed by atoms with Gasteiger partial charge in [-0.05, 0) is 48.5 Å². The van der Waals surface area contributed by atoms with Crippen LogP contribution in [0.15, 0.2) is 48.5 Å². The number of halogens is 1. The van der Waals surface area contributed by atoms with Crippen LogP contribution in [0.4, 0.5) is 11.4 Å². The van der Waals surface area contributed by atoms with Crippen molar-refractivity contribution in [3.05, 3.63) is 59.1 Å². The molecule has 0 aliphatic heterocycles. The minimum atomic E-state index is -0.492. The van der Waals surface area contributed by atoms with Crippen molar-refractivity contribution in [2.45, 2.75) is 33.6 Å². The topological polar surface area (TPSA) is 70.2 Å². The van der Waals surface area contributed by atoms with Gasteiger partial charge in [0, 0.05) is 28.2 Å². The predicted octanol–water partition coefficient (Wildman–Crippen LogP) is 4.77. The van der Waals surface area contributed by atoms with Crippen LogP contribution in [-0.2, 0) is 16.0 Å². The lowest BCUT2D eigenvalue weighted by atomic mass is 9.95. The average molecular weight is 418 g/mol. The van der Waals surface area contributed by atoms with E-state index in [1.54, 1.807) is 30.3 Å². The molecule has 0 atom stereocenters. The molecule has 0 spiro atoms. The smallest absolute Gasteiger partial charge is 0.229 e. The van der Waals surface area contributed by atoms with Crippen molar-refractivity contribution in [2.24, 2.45) is 5.41 Å². The highest BCUT2D eigenvalue weighted by atomic mass is 35.5. The number of hydrogen-bond acceptors (Lipinski definition) is 3. The highest BCUT2D eigenvalue weighted by Crippen LogP contribution is 2.20. The van der Waals surface area contributed by atoms with Crippen molar-refractivity contribution in [1.29, 1.82) is 0 Å². The van der Waals surface area contributed by atoms with E-state index in [0.29, 0.717) is 22.8 Å². The normalized spacial score (nSPS) is 10.9. The Morgan fingerprint density at radius 2 is 1.64 bits per heavy atom. The van der Waals surface area contributed by atoms with Gasteiger partial charge in [0.15, 0.2) is 5.11 Å². The number of carbonyl (C=O) groups is 2. The molecular formula is C21H24ClN3O2S. The lowest BCUT2D eigenvalue weighted by Crippen LogP contribution is -2.34. The van der Waals surface area contributed by atoms with E-state index in [1.165, 1.54) is 0 Å². The number of hydrogen-bond donors (Lipinski definition) is 3. The maximum atomic E-state index is 12.1. The lowest BCUT2D eigenvalue weighted by Gasteiger charge is -2.18. The van der Waals surface area contributed by atoms with Gasteiger partial charge in [0.05, 0.1) is 0 Å². The van der Waals surface area contributed by atoms with E-state index >= 15 is 0 Å². The summed E-state index contributed by atoms with van der Waals surface area (Å²) in [6.07, 6.45) is 0.801. The molecule has 0 heterocycles. The highest BCUT2D eigenvalue weighted by molar-refractivity contribution is 7.80. The fourth-order valence-corrected chi connectivity index (χ4v) is 2.76. The highest BCUT2D eigenvalue weighted by Gasteiger charge is 2.21. The van der Waals surface area contributed by atoms with Crippen molar-refractivity contribution in [2.75, 3.05) is 10.6 Å². The van der Waals surface area contributed by atoms with Crippen LogP contribution < -0.4 is 16.0 Å². The van der Waals surface area contributed by atoms with Crippen molar-refractivity contribution < 1.29 is 9.59 Å². The molecule has 2 aromatic rings. The second kappa shape index (κ2) is 9.66. The Kier molecular flexibility index (Phi) is 7.54. The van der Waals surface area contributed by atoms with Gasteiger partial charge in [-0.1, -0.05) is 56.6 Å². The zero-order valence-corrected chi connectivity index (χ0v) is 17.7. The van der Waals surface area contributed by atoms with Gasteiger partial charge in [0.25, 0.3) is 0 Å². The molecule has 0 radical (unpaired) electrons. The summed E-state index contributed by atoms with van der Waals surface area (Å²) in [6, 6.07) is 14.6. The number of rotatable bonds is 5. The second-order valence-corrected chi connectivity index (χ2v) is 8.19. The van der Waals surface area contributed by atoms with Gasteiger partial charge >= 0.3 is 0 Å². The molecule has 5 nitrogen and oxygen atoms in total. The molecule has 7 heteroatoms. The first-order valence-corrected chi connectivity index (χ1v) is 9.69. The SMILES string of the molecule is CC(C)(C)C(=O)Nc1cccc(NC(=S)NC(=O)CCc2ccccc2Cl)c1. The molecule has 0 saturated heterocycles. The molecule has 0 saturated carbocycles. The van der Waals surface area contributed by atoms with E-state index in [-0.39, 0.29) is 23.3 Å². The van der Waals surface area contributed by atoms with E-state index in [9.17, 15) is 9.59 Å². The first kappa shape index (κ1) is 21.9. The third-order valence-electron chi connectivity index (χ3n) is 3.89. The van der Waals surface area contributed by atoms with Crippen LogP contribution in [0, 0.1) is 5.41 Å². The Morgan fingerprint density at radius 1 is 1.00 bits per heavy atom. The number of aryl methyl sites for hydroxylation is 1. The zero-order chi connectivity index (χ0) is 20.7. The monoisotopic (exact) mass is 417 g/mol. The van der Waals surface area contributed by atoms with Gasteiger partial charge in [0.2, 0.25) is 11.8 Å². The molecule has 0 aliphatic rings. The fraction of sp³-hybridized carbons (Fsp3) is 0.286. The molecule has 0 unspecified atom stereocenters. The molecule has 0 aliphatic carbocycles. The molecule has 2 aromatic carbocycles. The Hall–Kier alpha value is -2.44. The van der Waals surface area contributed by atoms with Crippen LogP contribution >= 0.6 is 23.8 Å². The molecule has 28 heavy (non-hydrogen) atoms. The summed E-state index contributed by atoms with van der Waals surface area (Å²) in [5, 5.41) is 9.31. The number of anilines is 2. The summed E-state index contributed by atoms with van der Waals surface area (Å²) in [5.41, 5.74) is 1.75. The van der Waals surface area contributed by atoms with E-state index in [1.807, 2.05) is 39.0 Å². The zero-order valence-electron chi connectivity index (χ0n) is 16.1. The van der Waals surface area contributed by atoms with Gasteiger partial charge in [-0.25, -0.2) is 0 Å². The molecule has 3 N–H and O–H groups in total. The quantitative estimate of drug-likeness (QED) is 0.613. The molecule has 0 bridgehead atoms. The predicted molar refractivity (Wildman–Crippen MR) is 119 cm³/mol. The molecule has 0 fully saturated rings. The van der Waals surface area contributed by atoms with Crippen LogP contribution in [0.2, 0.25) is 5.02 Å². The minimum Gasteiger partial charge on any atom is -0.332 e. The van der Waals surface area contributed by atoms with Crippen LogP contribution in [-0.4, -0.2) is 16.9 Å². The average Bonchev–Trinajstić information content (AvgIpc) is 2.60. The Balaban J connectivity index is 1.87. The molecule has 148 valence electrons. The third-order valence-corrected chi connectivity index (χ3v) is 4.46. The number of amides is 2. The van der Waals surface area contributed by atoms with Gasteiger partial charge < -0.3 is 16.0 Å². The van der Waals surface area contributed by atoms with Crippen molar-refractivity contribution in [3.8, 4) is 0 Å². The van der Waals surface area contributed by atoms with Gasteiger partial charge in [-0.2, -0.15) is 0 Å². The molecular weight excluding hydrogens is 394 g/mol. The van der Waals surface area contributed by atoms with Crippen LogP contribution in [0.3, 0.4) is 0 Å². The Labute approximate surface area is 175 Å². The van der Waals surface area contributed by atoms with Crippen LogP contribution in [0.5, 0.6) is 0 Å². The minimum absolute atomic E-state index is 0.0832. The third kappa shape index (κ3) is 6.94. The Morgan fingerprint density at radius 3 is 2.29 bits per heavy atom. The molecule has 2 rings (SSSR count). The molecule has 2 amide bonds. The van der Waals surface area contributed by atoms with E-state index < -0.39 is 5.41 Å². The first-order valence-electron chi connectivity index (χ1n) is 8.91. The largest absolute Gasteiger partial charge is 0.332 e. The fourth-order valence-electron chi connectivity index (χ4n) is 2.29. The number of benzene rings is 2. The standard InChI is InChI=1S/C21H24ClN3O2S/c1-21(2,3)19(27)23-15-8-6-9-16(13-15)24-20(28)25-18(26)12-11-14-7-4-5-10-17(14)22/h4-10,13H,11-12H2,1-3H3,(H,23,27)(H2,24,25,26,28). The molecule has 0 aromatic heterocycles. The van der Waals surface area contributed by atoms with Gasteiger partial charge in [-0.3, -0.25) is 9.59 Å². The second-order valence-electron chi connectivity index (χ2n) is 7.38. The van der Waals surface area contributed by atoms with E-state index in [2.05, 4.69) is 16.0 Å². The summed E-state index contributed by atoms with van der Waals surface area (Å²) < 4.78 is 0. The van der Waals surface area contributed by atoms with Gasteiger partial charge in [-0.15, -0.1) is 0 Å². The van der Waals surface area contributed by atoms with Crippen molar-refractivity contribution >= 4 is 52.1 Å². The maximum absolute atomic E-state index is 12.1. The van der Waals surface area contributed by atoms with Crippen LogP contribution in [0.25, 0.3) is 0 Å². The number of nitrogens with one attached hydrogen (secondary N) is 3. The van der Waals surface area contributed by atoms with Crippen molar-refractivity contribution in [3.63, 3.8) is 0 Å². The summed E-state index contributed by atoms with van der Waals surface area (Å²) in [6.45, 7) is 5.53. The Bertz CT molecular complexity index is 878. The number of carbonyl (C=O) groups excluding carboxylic acids is 2.